The van der Waals surface area contributed by atoms with Crippen molar-refractivity contribution in [3.63, 3.8) is 0 Å². The molecule has 20 heavy (non-hydrogen) atoms. The van der Waals surface area contributed by atoms with Crippen LogP contribution in [-0.2, 0) is 10.0 Å². The van der Waals surface area contributed by atoms with E-state index in [1.165, 1.54) is 0 Å². The van der Waals surface area contributed by atoms with E-state index in [0.717, 1.165) is 19.3 Å². The third-order valence-electron chi connectivity index (χ3n) is 3.50. The topological polar surface area (TPSA) is 81.4 Å². The molecule has 3 N–H and O–H groups in total. The molecule has 1 aliphatic carbocycles. The standard InChI is InChI=1S/C14H22N2O3S/c1-2-7-16-20(17,18)14-6-4-3-5-13(14)19-12-8-11(9-12)10-15/h3-6,11-12,16H,2,7-10,15H2,1H3. The van der Waals surface area contributed by atoms with Crippen LogP contribution in [0.3, 0.4) is 0 Å². The Bertz CT molecular complexity index is 539. The summed E-state index contributed by atoms with van der Waals surface area (Å²) in [4.78, 5) is 0.213. The van der Waals surface area contributed by atoms with E-state index >= 15 is 0 Å². The van der Waals surface area contributed by atoms with Crippen molar-refractivity contribution < 1.29 is 13.2 Å². The summed E-state index contributed by atoms with van der Waals surface area (Å²) in [5, 5.41) is 0. The van der Waals surface area contributed by atoms with Crippen LogP contribution in [0.15, 0.2) is 29.2 Å². The van der Waals surface area contributed by atoms with Gasteiger partial charge >= 0.3 is 0 Å². The second kappa shape index (κ2) is 6.56. The van der Waals surface area contributed by atoms with Crippen LogP contribution in [-0.4, -0.2) is 27.6 Å². The minimum atomic E-state index is -3.50. The van der Waals surface area contributed by atoms with Crippen molar-refractivity contribution in [2.24, 2.45) is 11.7 Å². The molecule has 2 rings (SSSR count). The van der Waals surface area contributed by atoms with E-state index in [-0.39, 0.29) is 11.0 Å². The predicted molar refractivity (Wildman–Crippen MR) is 78.1 cm³/mol. The Labute approximate surface area is 120 Å². The summed E-state index contributed by atoms with van der Waals surface area (Å²) in [5.74, 6) is 0.929. The zero-order valence-corrected chi connectivity index (χ0v) is 12.5. The van der Waals surface area contributed by atoms with Gasteiger partial charge in [0, 0.05) is 6.54 Å². The van der Waals surface area contributed by atoms with Gasteiger partial charge in [-0.2, -0.15) is 0 Å². The summed E-state index contributed by atoms with van der Waals surface area (Å²) in [6.45, 7) is 3.01. The third kappa shape index (κ3) is 3.50. The molecule has 5 nitrogen and oxygen atoms in total. The lowest BCUT2D eigenvalue weighted by molar-refractivity contribution is 0.0664. The number of sulfonamides is 1. The van der Waals surface area contributed by atoms with Gasteiger partial charge in [-0.1, -0.05) is 19.1 Å². The summed E-state index contributed by atoms with van der Waals surface area (Å²) in [6.07, 6.45) is 2.62. The quantitative estimate of drug-likeness (QED) is 0.799. The maximum atomic E-state index is 12.2. The van der Waals surface area contributed by atoms with Crippen LogP contribution in [0.25, 0.3) is 0 Å². The first-order valence-electron chi connectivity index (χ1n) is 7.02. The van der Waals surface area contributed by atoms with Crippen molar-refractivity contribution in [2.75, 3.05) is 13.1 Å². The first kappa shape index (κ1) is 15.3. The Morgan fingerprint density at radius 3 is 2.70 bits per heavy atom. The highest BCUT2D eigenvalue weighted by Gasteiger charge is 2.31. The van der Waals surface area contributed by atoms with Crippen LogP contribution in [0.4, 0.5) is 0 Å². The van der Waals surface area contributed by atoms with Crippen molar-refractivity contribution in [3.05, 3.63) is 24.3 Å². The summed E-state index contributed by atoms with van der Waals surface area (Å²) in [7, 11) is -3.50. The van der Waals surface area contributed by atoms with Gasteiger partial charge in [-0.05, 0) is 43.9 Å². The van der Waals surface area contributed by atoms with Crippen LogP contribution in [0, 0.1) is 5.92 Å². The average molecular weight is 298 g/mol. The van der Waals surface area contributed by atoms with Crippen molar-refractivity contribution in [1.29, 1.82) is 0 Å². The van der Waals surface area contributed by atoms with E-state index in [1.54, 1.807) is 24.3 Å². The molecule has 0 aliphatic heterocycles. The highest BCUT2D eigenvalue weighted by molar-refractivity contribution is 7.89. The van der Waals surface area contributed by atoms with Gasteiger partial charge in [0.15, 0.2) is 0 Å². The first-order valence-corrected chi connectivity index (χ1v) is 8.50. The molecule has 0 saturated heterocycles. The molecule has 0 unspecified atom stereocenters. The molecule has 1 aromatic rings. The molecule has 0 bridgehead atoms. The first-order chi connectivity index (χ1) is 9.56. The summed E-state index contributed by atoms with van der Waals surface area (Å²) in [6, 6.07) is 6.77. The molecule has 1 fully saturated rings. The number of nitrogens with one attached hydrogen (secondary N) is 1. The molecule has 0 amide bonds. The molecule has 6 heteroatoms. The maximum Gasteiger partial charge on any atom is 0.244 e. The Morgan fingerprint density at radius 2 is 2.05 bits per heavy atom. The molecule has 1 aliphatic rings. The smallest absolute Gasteiger partial charge is 0.244 e. The highest BCUT2D eigenvalue weighted by Crippen LogP contribution is 2.33. The minimum Gasteiger partial charge on any atom is -0.489 e. The number of hydrogen-bond acceptors (Lipinski definition) is 4. The van der Waals surface area contributed by atoms with Crippen molar-refractivity contribution in [1.82, 2.24) is 4.72 Å². The summed E-state index contributed by atoms with van der Waals surface area (Å²) in [5.41, 5.74) is 5.58. The lowest BCUT2D eigenvalue weighted by Crippen LogP contribution is -2.38. The molecule has 1 saturated carbocycles. The predicted octanol–water partition coefficient (Wildman–Crippen LogP) is 1.49. The number of hydrogen-bond donors (Lipinski definition) is 2. The summed E-state index contributed by atoms with van der Waals surface area (Å²) >= 11 is 0. The fourth-order valence-corrected chi connectivity index (χ4v) is 3.49. The SMILES string of the molecule is CCCNS(=O)(=O)c1ccccc1OC1CC(CN)C1. The Hall–Kier alpha value is -1.11. The zero-order chi connectivity index (χ0) is 14.6. The second-order valence-electron chi connectivity index (χ2n) is 5.16. The maximum absolute atomic E-state index is 12.2. The van der Waals surface area contributed by atoms with Gasteiger partial charge in [-0.3, -0.25) is 0 Å². The van der Waals surface area contributed by atoms with E-state index in [1.807, 2.05) is 6.92 Å². The molecule has 0 atom stereocenters. The molecule has 0 heterocycles. The lowest BCUT2D eigenvalue weighted by atomic mass is 9.82. The third-order valence-corrected chi connectivity index (χ3v) is 5.00. The van der Waals surface area contributed by atoms with Crippen molar-refractivity contribution in [2.45, 2.75) is 37.2 Å². The largest absolute Gasteiger partial charge is 0.489 e. The monoisotopic (exact) mass is 298 g/mol. The molecule has 1 aromatic carbocycles. The van der Waals surface area contributed by atoms with Gasteiger partial charge in [0.2, 0.25) is 10.0 Å². The molecule has 0 radical (unpaired) electrons. The molecule has 0 spiro atoms. The molecule has 112 valence electrons. The highest BCUT2D eigenvalue weighted by atomic mass is 32.2. The Balaban J connectivity index is 2.10. The van der Waals surface area contributed by atoms with Crippen LogP contribution in [0.5, 0.6) is 5.75 Å². The van der Waals surface area contributed by atoms with Crippen LogP contribution < -0.4 is 15.2 Å². The van der Waals surface area contributed by atoms with Crippen molar-refractivity contribution >= 4 is 10.0 Å². The van der Waals surface area contributed by atoms with E-state index in [9.17, 15) is 8.42 Å². The Morgan fingerprint density at radius 1 is 1.35 bits per heavy atom. The van der Waals surface area contributed by atoms with Crippen LogP contribution in [0.2, 0.25) is 0 Å². The van der Waals surface area contributed by atoms with E-state index in [4.69, 9.17) is 10.5 Å². The zero-order valence-electron chi connectivity index (χ0n) is 11.7. The van der Waals surface area contributed by atoms with Gasteiger partial charge in [-0.15, -0.1) is 0 Å². The fraction of sp³-hybridized carbons (Fsp3) is 0.571. The van der Waals surface area contributed by atoms with Crippen molar-refractivity contribution in [3.8, 4) is 5.75 Å². The van der Waals surface area contributed by atoms with Gasteiger partial charge in [0.25, 0.3) is 0 Å². The van der Waals surface area contributed by atoms with Gasteiger partial charge < -0.3 is 10.5 Å². The average Bonchev–Trinajstić information content (AvgIpc) is 2.40. The number of nitrogens with two attached hydrogens (primary N) is 1. The minimum absolute atomic E-state index is 0.0751. The van der Waals surface area contributed by atoms with Gasteiger partial charge in [-0.25, -0.2) is 13.1 Å². The number of para-hydroxylation sites is 1. The van der Waals surface area contributed by atoms with E-state index < -0.39 is 10.0 Å². The lowest BCUT2D eigenvalue weighted by Gasteiger charge is -2.34. The molecular weight excluding hydrogens is 276 g/mol. The number of benzene rings is 1. The molecular formula is C14H22N2O3S. The number of rotatable bonds is 7. The summed E-state index contributed by atoms with van der Waals surface area (Å²) < 4.78 is 32.8. The van der Waals surface area contributed by atoms with E-state index in [2.05, 4.69) is 4.72 Å². The van der Waals surface area contributed by atoms with Crippen LogP contribution in [0.1, 0.15) is 26.2 Å². The van der Waals surface area contributed by atoms with Crippen LogP contribution >= 0.6 is 0 Å². The van der Waals surface area contributed by atoms with E-state index in [0.29, 0.717) is 24.8 Å². The Kier molecular flexibility index (Phi) is 5.01. The second-order valence-corrected chi connectivity index (χ2v) is 6.89. The fourth-order valence-electron chi connectivity index (χ4n) is 2.23. The van der Waals surface area contributed by atoms with Gasteiger partial charge in [0.1, 0.15) is 10.6 Å². The normalized spacial score (nSPS) is 22.3. The number of ether oxygens (including phenoxy) is 1. The molecule has 0 aromatic heterocycles. The van der Waals surface area contributed by atoms with Gasteiger partial charge in [0.05, 0.1) is 6.10 Å².